The maximum atomic E-state index is 12.0. The average molecular weight is 332 g/mol. The number of aryl methyl sites for hydroxylation is 3. The number of hydrogen-bond donors (Lipinski definition) is 1. The minimum Gasteiger partial charge on any atom is -0.484 e. The number of amides is 1. The van der Waals surface area contributed by atoms with Crippen LogP contribution in [0.25, 0.3) is 0 Å². The van der Waals surface area contributed by atoms with Crippen LogP contribution in [0.5, 0.6) is 5.75 Å². The molecule has 0 radical (unpaired) electrons. The molecule has 0 heterocycles. The van der Waals surface area contributed by atoms with Crippen LogP contribution in [0.2, 0.25) is 5.02 Å². The quantitative estimate of drug-likeness (QED) is 0.874. The summed E-state index contributed by atoms with van der Waals surface area (Å²) in [5.41, 5.74) is 4.15. The molecule has 0 aliphatic heterocycles. The number of nitrogens with one attached hydrogen (secondary N) is 1. The first kappa shape index (κ1) is 17.4. The van der Waals surface area contributed by atoms with Crippen molar-refractivity contribution in [2.75, 3.05) is 6.61 Å². The second-order valence-electron chi connectivity index (χ2n) is 5.86. The van der Waals surface area contributed by atoms with Crippen LogP contribution in [0.3, 0.4) is 0 Å². The third kappa shape index (κ3) is 4.73. The molecular formula is C19H22ClNO2. The van der Waals surface area contributed by atoms with E-state index in [1.807, 2.05) is 64.1 Å². The Labute approximate surface area is 142 Å². The fourth-order valence-electron chi connectivity index (χ4n) is 2.36. The molecule has 1 amide bonds. The first-order valence-corrected chi connectivity index (χ1v) is 8.00. The smallest absolute Gasteiger partial charge is 0.258 e. The summed E-state index contributed by atoms with van der Waals surface area (Å²) in [5.74, 6) is 0.505. The van der Waals surface area contributed by atoms with E-state index >= 15 is 0 Å². The molecule has 0 fully saturated rings. The molecule has 3 nitrogen and oxygen atoms in total. The molecule has 4 heteroatoms. The minimum absolute atomic E-state index is 0.0171. The van der Waals surface area contributed by atoms with Crippen molar-refractivity contribution in [3.8, 4) is 5.75 Å². The second kappa shape index (κ2) is 7.51. The summed E-state index contributed by atoms with van der Waals surface area (Å²) < 4.78 is 5.57. The van der Waals surface area contributed by atoms with E-state index in [1.165, 1.54) is 5.56 Å². The van der Waals surface area contributed by atoms with Crippen molar-refractivity contribution in [2.45, 2.75) is 33.7 Å². The van der Waals surface area contributed by atoms with E-state index in [0.717, 1.165) is 21.7 Å². The van der Waals surface area contributed by atoms with Crippen molar-refractivity contribution >= 4 is 17.5 Å². The maximum absolute atomic E-state index is 12.0. The Hall–Kier alpha value is -2.00. The molecule has 2 aromatic rings. The molecular weight excluding hydrogens is 310 g/mol. The molecule has 0 saturated heterocycles. The molecule has 0 aromatic heterocycles. The first-order valence-electron chi connectivity index (χ1n) is 7.62. The summed E-state index contributed by atoms with van der Waals surface area (Å²) in [5, 5.41) is 3.67. The number of benzene rings is 2. The molecule has 0 saturated carbocycles. The van der Waals surface area contributed by atoms with E-state index in [9.17, 15) is 4.79 Å². The van der Waals surface area contributed by atoms with Crippen molar-refractivity contribution in [1.82, 2.24) is 5.32 Å². The van der Waals surface area contributed by atoms with Gasteiger partial charge in [0.25, 0.3) is 5.91 Å². The third-order valence-electron chi connectivity index (χ3n) is 3.73. The largest absolute Gasteiger partial charge is 0.484 e. The van der Waals surface area contributed by atoms with Crippen LogP contribution in [-0.4, -0.2) is 12.5 Å². The Bertz CT molecular complexity index is 672. The van der Waals surface area contributed by atoms with Crippen molar-refractivity contribution in [2.24, 2.45) is 0 Å². The van der Waals surface area contributed by atoms with Gasteiger partial charge >= 0.3 is 0 Å². The Balaban J connectivity index is 1.91. The normalized spacial score (nSPS) is 11.9. The zero-order valence-corrected chi connectivity index (χ0v) is 14.7. The molecule has 0 aliphatic carbocycles. The first-order chi connectivity index (χ1) is 10.9. The van der Waals surface area contributed by atoms with E-state index in [2.05, 4.69) is 5.32 Å². The number of carbonyl (C=O) groups is 1. The highest BCUT2D eigenvalue weighted by Gasteiger charge is 2.11. The summed E-state index contributed by atoms with van der Waals surface area (Å²) in [7, 11) is 0. The van der Waals surface area contributed by atoms with Crippen LogP contribution in [-0.2, 0) is 4.79 Å². The van der Waals surface area contributed by atoms with Gasteiger partial charge in [0.2, 0.25) is 0 Å². The van der Waals surface area contributed by atoms with Gasteiger partial charge in [0.1, 0.15) is 5.75 Å². The Morgan fingerprint density at radius 3 is 2.26 bits per heavy atom. The Morgan fingerprint density at radius 2 is 1.70 bits per heavy atom. The summed E-state index contributed by atoms with van der Waals surface area (Å²) >= 11 is 6.13. The van der Waals surface area contributed by atoms with E-state index in [1.54, 1.807) is 0 Å². The van der Waals surface area contributed by atoms with Crippen molar-refractivity contribution < 1.29 is 9.53 Å². The number of halogens is 1. The van der Waals surface area contributed by atoms with E-state index in [0.29, 0.717) is 5.75 Å². The predicted octanol–water partition coefficient (Wildman–Crippen LogP) is 4.52. The standard InChI is InChI=1S/C19H22ClNO2/c1-12-5-7-16(8-6-12)15(4)21-18(22)11-23-17-9-13(2)19(20)14(3)10-17/h5-10,15H,11H2,1-4H3,(H,21,22)/t15-/m0/s1. The van der Waals surface area contributed by atoms with Gasteiger partial charge in [-0.15, -0.1) is 0 Å². The molecule has 23 heavy (non-hydrogen) atoms. The second-order valence-corrected chi connectivity index (χ2v) is 6.24. The lowest BCUT2D eigenvalue weighted by Crippen LogP contribution is -2.31. The fourth-order valence-corrected chi connectivity index (χ4v) is 2.47. The topological polar surface area (TPSA) is 38.3 Å². The van der Waals surface area contributed by atoms with E-state index in [-0.39, 0.29) is 18.6 Å². The van der Waals surface area contributed by atoms with Crippen LogP contribution in [0, 0.1) is 20.8 Å². The zero-order valence-electron chi connectivity index (χ0n) is 13.9. The highest BCUT2D eigenvalue weighted by molar-refractivity contribution is 6.32. The lowest BCUT2D eigenvalue weighted by atomic mass is 10.1. The molecule has 2 rings (SSSR count). The van der Waals surface area contributed by atoms with Crippen LogP contribution < -0.4 is 10.1 Å². The van der Waals surface area contributed by atoms with E-state index < -0.39 is 0 Å². The van der Waals surface area contributed by atoms with Crippen molar-refractivity contribution in [3.63, 3.8) is 0 Å². The summed E-state index contributed by atoms with van der Waals surface area (Å²) in [6, 6.07) is 11.7. The van der Waals surface area contributed by atoms with Gasteiger partial charge in [-0.3, -0.25) is 4.79 Å². The van der Waals surface area contributed by atoms with E-state index in [4.69, 9.17) is 16.3 Å². The SMILES string of the molecule is Cc1ccc([C@H](C)NC(=O)COc2cc(C)c(Cl)c(C)c2)cc1. The summed E-state index contributed by atoms with van der Waals surface area (Å²) in [6.45, 7) is 7.82. The number of rotatable bonds is 5. The van der Waals surface area contributed by atoms with Gasteiger partial charge in [-0.2, -0.15) is 0 Å². The van der Waals surface area contributed by atoms with Crippen molar-refractivity contribution in [1.29, 1.82) is 0 Å². The zero-order chi connectivity index (χ0) is 17.0. The predicted molar refractivity (Wildman–Crippen MR) is 94.2 cm³/mol. The maximum Gasteiger partial charge on any atom is 0.258 e. The fraction of sp³-hybridized carbons (Fsp3) is 0.316. The van der Waals surface area contributed by atoms with Crippen LogP contribution in [0.1, 0.15) is 35.2 Å². The minimum atomic E-state index is -0.150. The van der Waals surface area contributed by atoms with Gasteiger partial charge in [-0.1, -0.05) is 41.4 Å². The number of ether oxygens (including phenoxy) is 1. The van der Waals surface area contributed by atoms with Crippen LogP contribution in [0.4, 0.5) is 0 Å². The average Bonchev–Trinajstić information content (AvgIpc) is 2.51. The van der Waals surface area contributed by atoms with Crippen molar-refractivity contribution in [3.05, 3.63) is 63.7 Å². The molecule has 2 aromatic carbocycles. The summed E-state index contributed by atoms with van der Waals surface area (Å²) in [6.07, 6.45) is 0. The molecule has 122 valence electrons. The Kier molecular flexibility index (Phi) is 5.67. The third-order valence-corrected chi connectivity index (χ3v) is 4.33. The molecule has 1 N–H and O–H groups in total. The van der Waals surface area contributed by atoms with Gasteiger partial charge in [-0.25, -0.2) is 0 Å². The number of carbonyl (C=O) groups excluding carboxylic acids is 1. The van der Waals surface area contributed by atoms with Crippen LogP contribution >= 0.6 is 11.6 Å². The van der Waals surface area contributed by atoms with Gasteiger partial charge in [0.05, 0.1) is 6.04 Å². The molecule has 1 atom stereocenters. The Morgan fingerprint density at radius 1 is 1.13 bits per heavy atom. The lowest BCUT2D eigenvalue weighted by molar-refractivity contribution is -0.123. The molecule has 0 unspecified atom stereocenters. The van der Waals surface area contributed by atoms with Gasteiger partial charge in [0.15, 0.2) is 6.61 Å². The van der Waals surface area contributed by atoms with Gasteiger partial charge in [-0.05, 0) is 56.5 Å². The molecule has 0 bridgehead atoms. The van der Waals surface area contributed by atoms with Crippen LogP contribution in [0.15, 0.2) is 36.4 Å². The highest BCUT2D eigenvalue weighted by atomic mass is 35.5. The lowest BCUT2D eigenvalue weighted by Gasteiger charge is -2.15. The highest BCUT2D eigenvalue weighted by Crippen LogP contribution is 2.25. The van der Waals surface area contributed by atoms with Gasteiger partial charge < -0.3 is 10.1 Å². The molecule has 0 spiro atoms. The molecule has 0 aliphatic rings. The number of hydrogen-bond acceptors (Lipinski definition) is 2. The van der Waals surface area contributed by atoms with Gasteiger partial charge in [0, 0.05) is 5.02 Å². The monoisotopic (exact) mass is 331 g/mol. The summed E-state index contributed by atoms with van der Waals surface area (Å²) in [4.78, 5) is 12.0.